The van der Waals surface area contributed by atoms with Gasteiger partial charge in [0, 0.05) is 6.08 Å². The Morgan fingerprint density at radius 3 is 2.44 bits per heavy atom. The maximum atomic E-state index is 13.2. The number of urea groups is 1. The highest BCUT2D eigenvalue weighted by Crippen LogP contribution is 2.27. The van der Waals surface area contributed by atoms with Crippen LogP contribution in [-0.4, -0.2) is 40.2 Å². The number of amides is 3. The van der Waals surface area contributed by atoms with Crippen molar-refractivity contribution in [2.45, 2.75) is 19.9 Å². The molecular weight excluding hydrogens is 242 g/mol. The molecule has 96 valence electrons. The fourth-order valence-electron chi connectivity index (χ4n) is 2.09. The summed E-state index contributed by atoms with van der Waals surface area (Å²) in [5.74, 6) is -3.59. The molecule has 2 aliphatic rings. The summed E-state index contributed by atoms with van der Waals surface area (Å²) in [4.78, 5) is 25.1. The van der Waals surface area contributed by atoms with Crippen LogP contribution in [-0.2, 0) is 4.79 Å². The quantitative estimate of drug-likeness (QED) is 0.670. The summed E-state index contributed by atoms with van der Waals surface area (Å²) < 4.78 is 27.5. The number of carbonyl (C=O) groups is 2. The Bertz CT molecular complexity index is 532. The van der Waals surface area contributed by atoms with Gasteiger partial charge in [0.25, 0.3) is 0 Å². The number of imide groups is 1. The van der Waals surface area contributed by atoms with E-state index >= 15 is 0 Å². The summed E-state index contributed by atoms with van der Waals surface area (Å²) in [6, 6.07) is -0.859. The van der Waals surface area contributed by atoms with Crippen molar-refractivity contribution in [1.29, 1.82) is 0 Å². The van der Waals surface area contributed by atoms with Crippen LogP contribution in [0.25, 0.3) is 0 Å². The lowest BCUT2D eigenvalue weighted by Gasteiger charge is -2.27. The van der Waals surface area contributed by atoms with Crippen molar-refractivity contribution in [2.24, 2.45) is 5.92 Å². The van der Waals surface area contributed by atoms with Crippen LogP contribution in [0.1, 0.15) is 13.8 Å². The van der Waals surface area contributed by atoms with E-state index in [2.05, 4.69) is 0 Å². The maximum absolute atomic E-state index is 13.2. The Kier molecular flexibility index (Phi) is 2.88. The minimum absolute atomic E-state index is 0.167. The molecule has 0 saturated carbocycles. The zero-order valence-electron chi connectivity index (χ0n) is 10.3. The molecule has 3 amide bonds. The molecule has 1 aliphatic carbocycles. The number of halogens is 2. The molecule has 0 fully saturated rings. The second-order valence-corrected chi connectivity index (χ2v) is 4.55. The third kappa shape index (κ3) is 1.68. The van der Waals surface area contributed by atoms with Crippen molar-refractivity contribution in [3.8, 4) is 0 Å². The molecule has 0 aromatic heterocycles. The molecule has 0 bridgehead atoms. The molecule has 1 atom stereocenters. The van der Waals surface area contributed by atoms with Crippen LogP contribution in [0.5, 0.6) is 0 Å². The van der Waals surface area contributed by atoms with E-state index in [4.69, 9.17) is 0 Å². The minimum atomic E-state index is -1.07. The van der Waals surface area contributed by atoms with E-state index in [1.54, 1.807) is 13.8 Å². The summed E-state index contributed by atoms with van der Waals surface area (Å²) >= 11 is 0. The number of nitrogens with zero attached hydrogens (tertiary/aromatic N) is 2. The van der Waals surface area contributed by atoms with Crippen LogP contribution in [0.3, 0.4) is 0 Å². The van der Waals surface area contributed by atoms with Crippen molar-refractivity contribution in [3.63, 3.8) is 0 Å². The lowest BCUT2D eigenvalue weighted by molar-refractivity contribution is -0.407. The minimum Gasteiger partial charge on any atom is -0.245 e. The van der Waals surface area contributed by atoms with Crippen molar-refractivity contribution < 1.29 is 22.9 Å². The SMILES string of the molecule is CC(C)N1C(=O)C2C=C(F)C(F)=CC2=[N+](C)C1=O. The predicted octanol–water partition coefficient (Wildman–Crippen LogP) is 1.78. The normalized spacial score (nSPS) is 24.3. The maximum Gasteiger partial charge on any atom is 0.500 e. The average molecular weight is 255 g/mol. The molecule has 1 heterocycles. The van der Waals surface area contributed by atoms with Crippen molar-refractivity contribution in [2.75, 3.05) is 7.05 Å². The van der Waals surface area contributed by atoms with E-state index in [-0.39, 0.29) is 11.8 Å². The lowest BCUT2D eigenvalue weighted by Crippen LogP contribution is -2.55. The van der Waals surface area contributed by atoms with Gasteiger partial charge >= 0.3 is 11.9 Å². The van der Waals surface area contributed by atoms with E-state index in [9.17, 15) is 18.4 Å². The van der Waals surface area contributed by atoms with Gasteiger partial charge in [-0.05, 0) is 19.9 Å². The number of rotatable bonds is 1. The van der Waals surface area contributed by atoms with Gasteiger partial charge in [-0.25, -0.2) is 13.6 Å². The highest BCUT2D eigenvalue weighted by atomic mass is 19.2. The van der Waals surface area contributed by atoms with Gasteiger partial charge in [-0.1, -0.05) is 0 Å². The second kappa shape index (κ2) is 4.12. The Morgan fingerprint density at radius 1 is 1.28 bits per heavy atom. The summed E-state index contributed by atoms with van der Waals surface area (Å²) in [6.07, 6.45) is 1.80. The van der Waals surface area contributed by atoms with Crippen LogP contribution in [0.4, 0.5) is 13.6 Å². The van der Waals surface area contributed by atoms with Gasteiger partial charge in [-0.15, -0.1) is 0 Å². The van der Waals surface area contributed by atoms with Gasteiger partial charge in [-0.2, -0.15) is 14.3 Å². The van der Waals surface area contributed by atoms with E-state index in [0.717, 1.165) is 17.1 Å². The fourth-order valence-corrected chi connectivity index (χ4v) is 2.09. The van der Waals surface area contributed by atoms with Crippen molar-refractivity contribution >= 4 is 17.6 Å². The summed E-state index contributed by atoms with van der Waals surface area (Å²) in [6.45, 7) is 3.38. The molecule has 2 rings (SSSR count). The molecule has 4 nitrogen and oxygen atoms in total. The molecule has 0 N–H and O–H groups in total. The first-order chi connectivity index (χ1) is 8.34. The highest BCUT2D eigenvalue weighted by Gasteiger charge is 2.48. The number of hydrogen-bond donors (Lipinski definition) is 0. The second-order valence-electron chi connectivity index (χ2n) is 4.55. The van der Waals surface area contributed by atoms with Gasteiger partial charge in [0.1, 0.15) is 17.7 Å². The van der Waals surface area contributed by atoms with Crippen molar-refractivity contribution in [1.82, 2.24) is 4.90 Å². The Hall–Kier alpha value is -1.85. The molecule has 18 heavy (non-hydrogen) atoms. The van der Waals surface area contributed by atoms with Gasteiger partial charge < -0.3 is 0 Å². The van der Waals surface area contributed by atoms with Crippen LogP contribution >= 0.6 is 0 Å². The first-order valence-electron chi connectivity index (χ1n) is 5.57. The third-order valence-electron chi connectivity index (χ3n) is 3.03. The van der Waals surface area contributed by atoms with Crippen LogP contribution < -0.4 is 0 Å². The predicted molar refractivity (Wildman–Crippen MR) is 60.4 cm³/mol. The summed E-state index contributed by atoms with van der Waals surface area (Å²) in [7, 11) is 1.44. The third-order valence-corrected chi connectivity index (χ3v) is 3.03. The Balaban J connectivity index is 2.58. The van der Waals surface area contributed by atoms with E-state index in [1.807, 2.05) is 0 Å². The van der Waals surface area contributed by atoms with Crippen LogP contribution in [0, 0.1) is 5.92 Å². The van der Waals surface area contributed by atoms with E-state index in [1.165, 1.54) is 11.6 Å². The molecule has 0 radical (unpaired) electrons. The molecular formula is C12H13F2N2O2+. The van der Waals surface area contributed by atoms with Gasteiger partial charge in [0.15, 0.2) is 11.7 Å². The smallest absolute Gasteiger partial charge is 0.245 e. The number of allylic oxidation sites excluding steroid dienone is 3. The molecule has 1 aliphatic heterocycles. The molecule has 0 aromatic carbocycles. The number of carbonyl (C=O) groups excluding carboxylic acids is 2. The molecule has 0 aromatic rings. The summed E-state index contributed by atoms with van der Waals surface area (Å²) in [5, 5.41) is 0. The lowest BCUT2D eigenvalue weighted by atomic mass is 9.93. The molecule has 6 heteroatoms. The van der Waals surface area contributed by atoms with Gasteiger partial charge in [0.2, 0.25) is 0 Å². The molecule has 1 unspecified atom stereocenters. The van der Waals surface area contributed by atoms with Crippen LogP contribution in [0.15, 0.2) is 23.8 Å². The fraction of sp³-hybridized carbons (Fsp3) is 0.417. The molecule has 0 spiro atoms. The van der Waals surface area contributed by atoms with E-state index < -0.39 is 29.5 Å². The molecule has 0 saturated heterocycles. The zero-order valence-corrected chi connectivity index (χ0v) is 10.3. The largest absolute Gasteiger partial charge is 0.500 e. The van der Waals surface area contributed by atoms with Crippen molar-refractivity contribution in [3.05, 3.63) is 23.8 Å². The standard InChI is InChI=1S/C12H13F2N2O2/c1-6(2)16-11(17)7-4-8(13)9(14)5-10(7)15(3)12(16)18/h4-7H,1-3H3/q+1. The topological polar surface area (TPSA) is 40.4 Å². The number of hydrogen-bond acceptors (Lipinski definition) is 2. The number of fused-ring (bicyclic) bond motifs is 1. The highest BCUT2D eigenvalue weighted by molar-refractivity contribution is 6.16. The Labute approximate surface area is 103 Å². The average Bonchev–Trinajstić information content (AvgIpc) is 2.29. The van der Waals surface area contributed by atoms with E-state index in [0.29, 0.717) is 0 Å². The first kappa shape index (κ1) is 12.6. The monoisotopic (exact) mass is 255 g/mol. The summed E-state index contributed by atoms with van der Waals surface area (Å²) in [5.41, 5.74) is 0.167. The van der Waals surface area contributed by atoms with Gasteiger partial charge in [-0.3, -0.25) is 0 Å². The zero-order chi connectivity index (χ0) is 13.6. The Morgan fingerprint density at radius 2 is 1.89 bits per heavy atom. The van der Waals surface area contributed by atoms with Gasteiger partial charge in [0.05, 0.1) is 7.05 Å². The van der Waals surface area contributed by atoms with Crippen LogP contribution in [0.2, 0.25) is 0 Å². The first-order valence-corrected chi connectivity index (χ1v) is 5.57.